The van der Waals surface area contributed by atoms with Crippen LogP contribution in [0.5, 0.6) is 0 Å². The molecule has 2 aromatic carbocycles. The van der Waals surface area contributed by atoms with Crippen LogP contribution in [0.4, 0.5) is 0 Å². The highest BCUT2D eigenvalue weighted by Gasteiger charge is 1.98. The fraction of sp³-hybridized carbons (Fsp3) is 0.250. The van der Waals surface area contributed by atoms with Gasteiger partial charge in [-0.25, -0.2) is 0 Å². The van der Waals surface area contributed by atoms with Crippen LogP contribution in [0.1, 0.15) is 12.0 Å². The molecular formula is C16H19NO. The first-order chi connectivity index (χ1) is 8.90. The molecule has 0 saturated carbocycles. The van der Waals surface area contributed by atoms with Crippen molar-refractivity contribution in [3.63, 3.8) is 0 Å². The summed E-state index contributed by atoms with van der Waals surface area (Å²) in [5.74, 6) is 0. The predicted octanol–water partition coefficient (Wildman–Crippen LogP) is 2.83. The minimum atomic E-state index is 0.247. The molecule has 2 N–H and O–H groups in total. The number of aliphatic hydroxyl groups is 1. The highest BCUT2D eigenvalue weighted by molar-refractivity contribution is 5.63. The van der Waals surface area contributed by atoms with E-state index >= 15 is 0 Å². The van der Waals surface area contributed by atoms with Crippen molar-refractivity contribution in [1.82, 2.24) is 5.32 Å². The first kappa shape index (κ1) is 12.8. The molecule has 0 bridgehead atoms. The molecule has 0 radical (unpaired) electrons. The van der Waals surface area contributed by atoms with Crippen molar-refractivity contribution >= 4 is 0 Å². The van der Waals surface area contributed by atoms with Gasteiger partial charge in [0.1, 0.15) is 0 Å². The number of hydrogen-bond donors (Lipinski definition) is 2. The SMILES string of the molecule is OCCCNCc1cccc(-c2ccccc2)c1. The van der Waals surface area contributed by atoms with E-state index in [2.05, 4.69) is 53.8 Å². The second-order valence-corrected chi connectivity index (χ2v) is 4.32. The van der Waals surface area contributed by atoms with Gasteiger partial charge in [0.15, 0.2) is 0 Å². The average Bonchev–Trinajstić information content (AvgIpc) is 2.45. The number of hydrogen-bond acceptors (Lipinski definition) is 2. The smallest absolute Gasteiger partial charge is 0.0443 e. The Bertz CT molecular complexity index is 468. The van der Waals surface area contributed by atoms with E-state index in [1.165, 1.54) is 16.7 Å². The van der Waals surface area contributed by atoms with Gasteiger partial charge < -0.3 is 10.4 Å². The van der Waals surface area contributed by atoms with E-state index in [1.807, 2.05) is 6.07 Å². The molecule has 2 nitrogen and oxygen atoms in total. The van der Waals surface area contributed by atoms with Gasteiger partial charge >= 0.3 is 0 Å². The van der Waals surface area contributed by atoms with Crippen LogP contribution in [-0.4, -0.2) is 18.3 Å². The van der Waals surface area contributed by atoms with Crippen LogP contribution in [0.15, 0.2) is 54.6 Å². The van der Waals surface area contributed by atoms with Gasteiger partial charge in [-0.1, -0.05) is 48.5 Å². The molecule has 0 unspecified atom stereocenters. The zero-order valence-corrected chi connectivity index (χ0v) is 10.5. The lowest BCUT2D eigenvalue weighted by atomic mass is 10.0. The first-order valence-corrected chi connectivity index (χ1v) is 6.36. The van der Waals surface area contributed by atoms with Gasteiger partial charge in [0.05, 0.1) is 0 Å². The van der Waals surface area contributed by atoms with Crippen molar-refractivity contribution in [2.45, 2.75) is 13.0 Å². The molecule has 0 saturated heterocycles. The van der Waals surface area contributed by atoms with Gasteiger partial charge in [-0.15, -0.1) is 0 Å². The highest BCUT2D eigenvalue weighted by atomic mass is 16.3. The van der Waals surface area contributed by atoms with E-state index in [1.54, 1.807) is 0 Å². The van der Waals surface area contributed by atoms with Crippen molar-refractivity contribution in [2.24, 2.45) is 0 Å². The van der Waals surface area contributed by atoms with Crippen LogP contribution in [0.3, 0.4) is 0 Å². The van der Waals surface area contributed by atoms with E-state index in [0.29, 0.717) is 0 Å². The second kappa shape index (κ2) is 6.94. The molecule has 0 heterocycles. The summed E-state index contributed by atoms with van der Waals surface area (Å²) >= 11 is 0. The van der Waals surface area contributed by atoms with Crippen LogP contribution < -0.4 is 5.32 Å². The molecule has 18 heavy (non-hydrogen) atoms. The lowest BCUT2D eigenvalue weighted by molar-refractivity contribution is 0.286. The molecule has 2 heteroatoms. The molecule has 2 aromatic rings. The summed E-state index contributed by atoms with van der Waals surface area (Å²) in [4.78, 5) is 0. The summed E-state index contributed by atoms with van der Waals surface area (Å²) < 4.78 is 0. The molecule has 2 rings (SSSR count). The maximum atomic E-state index is 8.72. The molecule has 0 amide bonds. The molecule has 0 fully saturated rings. The number of nitrogens with one attached hydrogen (secondary N) is 1. The van der Waals surface area contributed by atoms with Crippen LogP contribution in [0, 0.1) is 0 Å². The van der Waals surface area contributed by atoms with Crippen molar-refractivity contribution in [1.29, 1.82) is 0 Å². The van der Waals surface area contributed by atoms with E-state index < -0.39 is 0 Å². The molecule has 94 valence electrons. The van der Waals surface area contributed by atoms with Crippen molar-refractivity contribution in [3.8, 4) is 11.1 Å². The number of aliphatic hydroxyl groups excluding tert-OH is 1. The molecule has 0 atom stereocenters. The minimum absolute atomic E-state index is 0.247. The number of benzene rings is 2. The Morgan fingerprint density at radius 1 is 0.889 bits per heavy atom. The molecule has 0 aromatic heterocycles. The molecule has 0 aliphatic heterocycles. The maximum absolute atomic E-state index is 8.72. The van der Waals surface area contributed by atoms with Gasteiger partial charge in [-0.05, 0) is 35.7 Å². The third kappa shape index (κ3) is 3.69. The van der Waals surface area contributed by atoms with E-state index in [4.69, 9.17) is 5.11 Å². The van der Waals surface area contributed by atoms with Crippen LogP contribution >= 0.6 is 0 Å². The Hall–Kier alpha value is -1.64. The third-order valence-corrected chi connectivity index (χ3v) is 2.87. The third-order valence-electron chi connectivity index (χ3n) is 2.87. The fourth-order valence-corrected chi connectivity index (χ4v) is 1.93. The predicted molar refractivity (Wildman–Crippen MR) is 75.3 cm³/mol. The van der Waals surface area contributed by atoms with Crippen LogP contribution in [0.2, 0.25) is 0 Å². The zero-order valence-electron chi connectivity index (χ0n) is 10.5. The second-order valence-electron chi connectivity index (χ2n) is 4.32. The van der Waals surface area contributed by atoms with Gasteiger partial charge in [-0.3, -0.25) is 0 Å². The Morgan fingerprint density at radius 3 is 2.44 bits per heavy atom. The topological polar surface area (TPSA) is 32.3 Å². The summed E-state index contributed by atoms with van der Waals surface area (Å²) in [6.45, 7) is 1.95. The van der Waals surface area contributed by atoms with Crippen LogP contribution in [-0.2, 0) is 6.54 Å². The largest absolute Gasteiger partial charge is 0.396 e. The maximum Gasteiger partial charge on any atom is 0.0443 e. The van der Waals surface area contributed by atoms with Crippen LogP contribution in [0.25, 0.3) is 11.1 Å². The first-order valence-electron chi connectivity index (χ1n) is 6.36. The monoisotopic (exact) mass is 241 g/mol. The molecule has 0 spiro atoms. The highest BCUT2D eigenvalue weighted by Crippen LogP contribution is 2.19. The summed E-state index contributed by atoms with van der Waals surface area (Å²) in [6.07, 6.45) is 0.804. The summed E-state index contributed by atoms with van der Waals surface area (Å²) in [7, 11) is 0. The van der Waals surface area contributed by atoms with E-state index in [0.717, 1.165) is 19.5 Å². The Kier molecular flexibility index (Phi) is 4.94. The van der Waals surface area contributed by atoms with Gasteiger partial charge in [-0.2, -0.15) is 0 Å². The Balaban J connectivity index is 2.02. The van der Waals surface area contributed by atoms with E-state index in [-0.39, 0.29) is 6.61 Å². The Morgan fingerprint density at radius 2 is 1.67 bits per heavy atom. The Labute approximate surface area is 108 Å². The summed E-state index contributed by atoms with van der Waals surface area (Å²) in [6, 6.07) is 18.9. The molecule has 0 aliphatic rings. The van der Waals surface area contributed by atoms with Gasteiger partial charge in [0, 0.05) is 13.2 Å². The molecule has 0 aliphatic carbocycles. The lowest BCUT2D eigenvalue weighted by Crippen LogP contribution is -2.15. The standard InChI is InChI=1S/C16H19NO/c18-11-5-10-17-13-14-6-4-9-16(12-14)15-7-2-1-3-8-15/h1-4,6-9,12,17-18H,5,10-11,13H2. The normalized spacial score (nSPS) is 10.5. The van der Waals surface area contributed by atoms with Crippen molar-refractivity contribution in [2.75, 3.05) is 13.2 Å². The summed E-state index contributed by atoms with van der Waals surface area (Å²) in [5, 5.41) is 12.0. The van der Waals surface area contributed by atoms with Crippen molar-refractivity contribution in [3.05, 3.63) is 60.2 Å². The number of rotatable bonds is 6. The van der Waals surface area contributed by atoms with Gasteiger partial charge in [0.2, 0.25) is 0 Å². The average molecular weight is 241 g/mol. The zero-order chi connectivity index (χ0) is 12.6. The van der Waals surface area contributed by atoms with Crippen molar-refractivity contribution < 1.29 is 5.11 Å². The fourth-order valence-electron chi connectivity index (χ4n) is 1.93. The lowest BCUT2D eigenvalue weighted by Gasteiger charge is -2.07. The summed E-state index contributed by atoms with van der Waals surface area (Å²) in [5.41, 5.74) is 3.76. The van der Waals surface area contributed by atoms with E-state index in [9.17, 15) is 0 Å². The van der Waals surface area contributed by atoms with Gasteiger partial charge in [0.25, 0.3) is 0 Å². The minimum Gasteiger partial charge on any atom is -0.396 e. The molecular weight excluding hydrogens is 222 g/mol. The quantitative estimate of drug-likeness (QED) is 0.762.